The maximum absolute atomic E-state index is 13.8. The Kier molecular flexibility index (Phi) is 3.54. The molecule has 1 aromatic heterocycles. The van der Waals surface area contributed by atoms with Crippen LogP contribution in [0.5, 0.6) is 0 Å². The fourth-order valence-electron chi connectivity index (χ4n) is 1.89. The van der Waals surface area contributed by atoms with Gasteiger partial charge in [-0.3, -0.25) is 0 Å². The van der Waals surface area contributed by atoms with Crippen LogP contribution in [0.15, 0.2) is 35.8 Å². The van der Waals surface area contributed by atoms with Crippen molar-refractivity contribution in [3.63, 3.8) is 0 Å². The molecular formula is C13H15FN2S. The van der Waals surface area contributed by atoms with Crippen molar-refractivity contribution in [2.45, 2.75) is 25.3 Å². The van der Waals surface area contributed by atoms with Crippen LogP contribution < -0.4 is 5.73 Å². The SMILES string of the molecule is CCC(N)(Cc1nccs1)c1ccccc1F. The van der Waals surface area contributed by atoms with Gasteiger partial charge >= 0.3 is 0 Å². The molecular weight excluding hydrogens is 235 g/mol. The summed E-state index contributed by atoms with van der Waals surface area (Å²) in [5, 5.41) is 2.85. The Balaban J connectivity index is 2.34. The van der Waals surface area contributed by atoms with Gasteiger partial charge in [0, 0.05) is 29.1 Å². The van der Waals surface area contributed by atoms with Crippen LogP contribution in [0.25, 0.3) is 0 Å². The minimum atomic E-state index is -0.677. The molecule has 0 aliphatic heterocycles. The van der Waals surface area contributed by atoms with E-state index in [1.807, 2.05) is 18.4 Å². The summed E-state index contributed by atoms with van der Waals surface area (Å²) in [6.07, 6.45) is 2.99. The zero-order valence-corrected chi connectivity index (χ0v) is 10.5. The summed E-state index contributed by atoms with van der Waals surface area (Å²) in [5.74, 6) is -0.242. The molecule has 1 atom stereocenters. The van der Waals surface area contributed by atoms with Crippen molar-refractivity contribution < 1.29 is 4.39 Å². The molecule has 2 nitrogen and oxygen atoms in total. The Hall–Kier alpha value is -1.26. The van der Waals surface area contributed by atoms with E-state index in [0.29, 0.717) is 18.4 Å². The molecule has 0 radical (unpaired) electrons. The first kappa shape index (κ1) is 12.2. The van der Waals surface area contributed by atoms with Gasteiger partial charge in [-0.05, 0) is 12.5 Å². The average molecular weight is 250 g/mol. The standard InChI is InChI=1S/C13H15FN2S/c1-2-13(15,9-12-16-7-8-17-12)10-5-3-4-6-11(10)14/h3-8H,2,9,15H2,1H3. The van der Waals surface area contributed by atoms with Crippen LogP contribution in [0, 0.1) is 5.82 Å². The summed E-state index contributed by atoms with van der Waals surface area (Å²) in [6, 6.07) is 6.71. The minimum Gasteiger partial charge on any atom is -0.321 e. The average Bonchev–Trinajstić information content (AvgIpc) is 2.82. The molecule has 0 spiro atoms. The Bertz CT molecular complexity index is 484. The Morgan fingerprint density at radius 2 is 2.18 bits per heavy atom. The summed E-state index contributed by atoms with van der Waals surface area (Å²) in [6.45, 7) is 1.97. The maximum atomic E-state index is 13.8. The number of hydrogen-bond donors (Lipinski definition) is 1. The molecule has 0 aliphatic rings. The fourth-order valence-corrected chi connectivity index (χ4v) is 2.63. The first-order chi connectivity index (χ1) is 8.15. The summed E-state index contributed by atoms with van der Waals surface area (Å²) in [4.78, 5) is 4.22. The van der Waals surface area contributed by atoms with E-state index in [4.69, 9.17) is 5.73 Å². The van der Waals surface area contributed by atoms with Crippen LogP contribution >= 0.6 is 11.3 Å². The second-order valence-corrected chi connectivity index (χ2v) is 5.07. The lowest BCUT2D eigenvalue weighted by Gasteiger charge is -2.28. The second kappa shape index (κ2) is 4.94. The van der Waals surface area contributed by atoms with E-state index in [-0.39, 0.29) is 5.82 Å². The number of hydrogen-bond acceptors (Lipinski definition) is 3. The molecule has 0 aliphatic carbocycles. The van der Waals surface area contributed by atoms with Crippen LogP contribution in [-0.2, 0) is 12.0 Å². The molecule has 0 bridgehead atoms. The number of halogens is 1. The van der Waals surface area contributed by atoms with E-state index in [1.165, 1.54) is 6.07 Å². The molecule has 90 valence electrons. The topological polar surface area (TPSA) is 38.9 Å². The molecule has 17 heavy (non-hydrogen) atoms. The van der Waals surface area contributed by atoms with Gasteiger partial charge in [-0.1, -0.05) is 25.1 Å². The smallest absolute Gasteiger partial charge is 0.128 e. The number of benzene rings is 1. The Morgan fingerprint density at radius 1 is 1.41 bits per heavy atom. The first-order valence-corrected chi connectivity index (χ1v) is 6.46. The molecule has 1 aromatic carbocycles. The molecule has 2 N–H and O–H groups in total. The van der Waals surface area contributed by atoms with Crippen LogP contribution in [0.1, 0.15) is 23.9 Å². The third kappa shape index (κ3) is 2.53. The van der Waals surface area contributed by atoms with Gasteiger partial charge in [0.1, 0.15) is 5.82 Å². The molecule has 0 saturated carbocycles. The van der Waals surface area contributed by atoms with Crippen LogP contribution in [0.2, 0.25) is 0 Å². The molecule has 0 amide bonds. The van der Waals surface area contributed by atoms with Crippen molar-refractivity contribution in [1.29, 1.82) is 0 Å². The van der Waals surface area contributed by atoms with E-state index in [1.54, 1.807) is 29.7 Å². The summed E-state index contributed by atoms with van der Waals surface area (Å²) in [5.41, 5.74) is 6.23. The van der Waals surface area contributed by atoms with Gasteiger partial charge in [0.2, 0.25) is 0 Å². The molecule has 4 heteroatoms. The molecule has 1 unspecified atom stereocenters. The van der Waals surface area contributed by atoms with Gasteiger partial charge in [-0.15, -0.1) is 11.3 Å². The largest absolute Gasteiger partial charge is 0.321 e. The second-order valence-electron chi connectivity index (χ2n) is 4.09. The number of rotatable bonds is 4. The lowest BCUT2D eigenvalue weighted by atomic mass is 9.85. The van der Waals surface area contributed by atoms with Crippen LogP contribution in [0.3, 0.4) is 0 Å². The normalized spacial score (nSPS) is 14.5. The summed E-state index contributed by atoms with van der Waals surface area (Å²) in [7, 11) is 0. The van der Waals surface area contributed by atoms with E-state index in [9.17, 15) is 4.39 Å². The highest BCUT2D eigenvalue weighted by Gasteiger charge is 2.29. The van der Waals surface area contributed by atoms with Crippen LogP contribution in [0.4, 0.5) is 4.39 Å². The van der Waals surface area contributed by atoms with E-state index < -0.39 is 5.54 Å². The summed E-state index contributed by atoms with van der Waals surface area (Å²) < 4.78 is 13.8. The predicted molar refractivity (Wildman–Crippen MR) is 68.4 cm³/mol. The number of nitrogens with two attached hydrogens (primary N) is 1. The van der Waals surface area contributed by atoms with E-state index >= 15 is 0 Å². The van der Waals surface area contributed by atoms with Crippen molar-refractivity contribution >= 4 is 11.3 Å². The highest BCUT2D eigenvalue weighted by molar-refractivity contribution is 7.09. The van der Waals surface area contributed by atoms with Gasteiger partial charge in [-0.2, -0.15) is 0 Å². The highest BCUT2D eigenvalue weighted by atomic mass is 32.1. The summed E-state index contributed by atoms with van der Waals surface area (Å²) >= 11 is 1.55. The van der Waals surface area contributed by atoms with Gasteiger partial charge in [-0.25, -0.2) is 9.37 Å². The highest BCUT2D eigenvalue weighted by Crippen LogP contribution is 2.29. The third-order valence-corrected chi connectivity index (χ3v) is 3.77. The zero-order chi connectivity index (χ0) is 12.3. The van der Waals surface area contributed by atoms with E-state index in [0.717, 1.165) is 5.01 Å². The van der Waals surface area contributed by atoms with E-state index in [2.05, 4.69) is 4.98 Å². The molecule has 1 heterocycles. The number of thiazole rings is 1. The third-order valence-electron chi connectivity index (χ3n) is 2.99. The fraction of sp³-hybridized carbons (Fsp3) is 0.308. The minimum absolute atomic E-state index is 0.242. The van der Waals surface area contributed by atoms with Crippen molar-refractivity contribution in [2.75, 3.05) is 0 Å². The maximum Gasteiger partial charge on any atom is 0.128 e. The Labute approximate surface area is 104 Å². The predicted octanol–water partition coefficient (Wildman–Crippen LogP) is 3.09. The molecule has 0 fully saturated rings. The first-order valence-electron chi connectivity index (χ1n) is 5.58. The van der Waals surface area contributed by atoms with Gasteiger partial charge < -0.3 is 5.73 Å². The van der Waals surface area contributed by atoms with Crippen molar-refractivity contribution in [3.05, 3.63) is 52.2 Å². The number of aromatic nitrogens is 1. The lowest BCUT2D eigenvalue weighted by molar-refractivity contribution is 0.402. The van der Waals surface area contributed by atoms with Crippen molar-refractivity contribution in [3.8, 4) is 0 Å². The van der Waals surface area contributed by atoms with Gasteiger partial charge in [0.15, 0.2) is 0 Å². The Morgan fingerprint density at radius 3 is 2.76 bits per heavy atom. The van der Waals surface area contributed by atoms with Crippen molar-refractivity contribution in [2.24, 2.45) is 5.73 Å². The lowest BCUT2D eigenvalue weighted by Crippen LogP contribution is -2.39. The quantitative estimate of drug-likeness (QED) is 0.905. The number of nitrogens with zero attached hydrogens (tertiary/aromatic N) is 1. The van der Waals surface area contributed by atoms with Crippen molar-refractivity contribution in [1.82, 2.24) is 4.98 Å². The molecule has 2 rings (SSSR count). The molecule has 0 saturated heterocycles. The molecule has 2 aromatic rings. The van der Waals surface area contributed by atoms with Gasteiger partial charge in [0.25, 0.3) is 0 Å². The monoisotopic (exact) mass is 250 g/mol. The van der Waals surface area contributed by atoms with Crippen LogP contribution in [-0.4, -0.2) is 4.98 Å². The van der Waals surface area contributed by atoms with Gasteiger partial charge in [0.05, 0.1) is 5.01 Å². The zero-order valence-electron chi connectivity index (χ0n) is 9.69.